The number of aromatic nitrogens is 2. The van der Waals surface area contributed by atoms with E-state index in [-0.39, 0.29) is 14.7 Å². The molecule has 0 spiro atoms. The van der Waals surface area contributed by atoms with Gasteiger partial charge in [0.15, 0.2) is 0 Å². The van der Waals surface area contributed by atoms with E-state index >= 15 is 0 Å². The zero-order valence-electron chi connectivity index (χ0n) is 6.57. The molecule has 0 atom stereocenters. The van der Waals surface area contributed by atoms with Crippen molar-refractivity contribution in [3.05, 3.63) is 35.5 Å². The van der Waals surface area contributed by atoms with Crippen molar-refractivity contribution >= 4 is 36.6 Å². The normalized spacial score (nSPS) is 9.92. The Bertz CT molecular complexity index is 371. The van der Waals surface area contributed by atoms with Gasteiger partial charge >= 0.3 is 86.6 Å². The van der Waals surface area contributed by atoms with Crippen LogP contribution >= 0.6 is 11.6 Å². The molecule has 1 heterocycles. The summed E-state index contributed by atoms with van der Waals surface area (Å²) in [7, 11) is 0. The first-order valence-corrected chi connectivity index (χ1v) is 5.64. The Labute approximate surface area is 86.7 Å². The van der Waals surface area contributed by atoms with Crippen LogP contribution in [0.25, 0.3) is 0 Å². The van der Waals surface area contributed by atoms with Gasteiger partial charge in [0.2, 0.25) is 0 Å². The number of anilines is 2. The van der Waals surface area contributed by atoms with Gasteiger partial charge < -0.3 is 0 Å². The van der Waals surface area contributed by atoms with E-state index in [0.717, 1.165) is 15.3 Å². The standard InChI is InChI=1S/C8H6ClN3Se/c9-6-1-3-7(4-2-6)11-8-5-10-12-13-8/h1-5,11H. The van der Waals surface area contributed by atoms with E-state index in [1.165, 1.54) is 0 Å². The zero-order valence-corrected chi connectivity index (χ0v) is 9.04. The molecule has 0 amide bonds. The molecule has 5 heteroatoms. The molecule has 0 saturated carbocycles. The van der Waals surface area contributed by atoms with Gasteiger partial charge in [-0.2, -0.15) is 0 Å². The fourth-order valence-corrected chi connectivity index (χ4v) is 1.95. The van der Waals surface area contributed by atoms with E-state index in [1.807, 2.05) is 24.3 Å². The zero-order chi connectivity index (χ0) is 9.10. The Morgan fingerprint density at radius 2 is 2.00 bits per heavy atom. The summed E-state index contributed by atoms with van der Waals surface area (Å²) in [6.45, 7) is 0. The molecule has 3 nitrogen and oxygen atoms in total. The van der Waals surface area contributed by atoms with Gasteiger partial charge in [-0.15, -0.1) is 0 Å². The molecule has 2 aromatic rings. The predicted molar refractivity (Wildman–Crippen MR) is 53.7 cm³/mol. The van der Waals surface area contributed by atoms with Gasteiger partial charge in [-0.05, 0) is 0 Å². The first-order valence-electron chi connectivity index (χ1n) is 3.64. The molecule has 66 valence electrons. The Kier molecular flexibility index (Phi) is 2.64. The summed E-state index contributed by atoms with van der Waals surface area (Å²) in [6.07, 6.45) is 1.74. The summed E-state index contributed by atoms with van der Waals surface area (Å²) in [5, 5.41) is 7.73. The number of nitrogens with one attached hydrogen (secondary N) is 1. The second kappa shape index (κ2) is 3.92. The summed E-state index contributed by atoms with van der Waals surface area (Å²) < 4.78 is 4.95. The molecular formula is C8H6ClN3Se. The summed E-state index contributed by atoms with van der Waals surface area (Å²) in [6, 6.07) is 7.55. The molecule has 1 N–H and O–H groups in total. The molecule has 0 aliphatic rings. The number of benzene rings is 1. The third-order valence-electron chi connectivity index (χ3n) is 1.47. The van der Waals surface area contributed by atoms with Gasteiger partial charge in [0.25, 0.3) is 0 Å². The van der Waals surface area contributed by atoms with E-state index < -0.39 is 0 Å². The van der Waals surface area contributed by atoms with Crippen LogP contribution in [-0.4, -0.2) is 23.9 Å². The maximum atomic E-state index is 5.75. The molecule has 0 bridgehead atoms. The molecule has 0 aliphatic carbocycles. The minimum absolute atomic E-state index is 0.111. The molecule has 0 unspecified atom stereocenters. The topological polar surface area (TPSA) is 37.8 Å². The van der Waals surface area contributed by atoms with Crippen molar-refractivity contribution in [3.63, 3.8) is 0 Å². The van der Waals surface area contributed by atoms with Crippen molar-refractivity contribution < 1.29 is 0 Å². The van der Waals surface area contributed by atoms with Crippen molar-refractivity contribution in [3.8, 4) is 0 Å². The van der Waals surface area contributed by atoms with Crippen LogP contribution in [0.1, 0.15) is 0 Å². The number of hydrogen-bond acceptors (Lipinski definition) is 3. The number of nitrogens with zero attached hydrogens (tertiary/aromatic N) is 2. The van der Waals surface area contributed by atoms with Crippen molar-refractivity contribution in [1.82, 2.24) is 9.19 Å². The van der Waals surface area contributed by atoms with Crippen LogP contribution in [0.3, 0.4) is 0 Å². The second-order valence-electron chi connectivity index (χ2n) is 2.41. The van der Waals surface area contributed by atoms with Crippen LogP contribution in [0.4, 0.5) is 10.2 Å². The van der Waals surface area contributed by atoms with Gasteiger partial charge in [-0.1, -0.05) is 0 Å². The first kappa shape index (κ1) is 8.75. The Balaban J connectivity index is 2.15. The van der Waals surface area contributed by atoms with Crippen LogP contribution in [0.2, 0.25) is 5.02 Å². The van der Waals surface area contributed by atoms with Crippen LogP contribution in [0.5, 0.6) is 0 Å². The number of hydrogen-bond donors (Lipinski definition) is 1. The Morgan fingerprint density at radius 1 is 1.23 bits per heavy atom. The predicted octanol–water partition coefficient (Wildman–Crippen LogP) is 1.93. The fraction of sp³-hybridized carbons (Fsp3) is 0. The van der Waals surface area contributed by atoms with E-state index in [2.05, 4.69) is 14.5 Å². The SMILES string of the molecule is Clc1ccc(Nc2cnn[se]2)cc1. The summed E-state index contributed by atoms with van der Waals surface area (Å²) in [5.41, 5.74) is 1.02. The van der Waals surface area contributed by atoms with Gasteiger partial charge in [-0.25, -0.2) is 0 Å². The van der Waals surface area contributed by atoms with Crippen LogP contribution in [-0.2, 0) is 0 Å². The first-order chi connectivity index (χ1) is 6.34. The average molecular weight is 259 g/mol. The Morgan fingerprint density at radius 3 is 2.62 bits per heavy atom. The molecular weight excluding hydrogens is 253 g/mol. The van der Waals surface area contributed by atoms with Crippen molar-refractivity contribution in [2.75, 3.05) is 5.32 Å². The quantitative estimate of drug-likeness (QED) is 0.837. The van der Waals surface area contributed by atoms with Crippen molar-refractivity contribution in [1.29, 1.82) is 0 Å². The van der Waals surface area contributed by atoms with Crippen molar-refractivity contribution in [2.45, 2.75) is 0 Å². The van der Waals surface area contributed by atoms with E-state index in [1.54, 1.807) is 6.20 Å². The summed E-state index contributed by atoms with van der Waals surface area (Å²) in [5.74, 6) is 0. The van der Waals surface area contributed by atoms with Gasteiger partial charge in [-0.3, -0.25) is 0 Å². The second-order valence-corrected chi connectivity index (χ2v) is 4.50. The molecule has 0 saturated heterocycles. The maximum absolute atomic E-state index is 5.75. The van der Waals surface area contributed by atoms with Crippen LogP contribution in [0.15, 0.2) is 30.5 Å². The third-order valence-corrected chi connectivity index (χ3v) is 2.94. The number of halogens is 1. The molecule has 0 radical (unpaired) electrons. The minimum atomic E-state index is 0.111. The van der Waals surface area contributed by atoms with Crippen molar-refractivity contribution in [2.24, 2.45) is 0 Å². The van der Waals surface area contributed by atoms with Gasteiger partial charge in [0.1, 0.15) is 0 Å². The molecule has 0 aliphatic heterocycles. The third kappa shape index (κ3) is 2.31. The van der Waals surface area contributed by atoms with Crippen LogP contribution < -0.4 is 5.32 Å². The Hall–Kier alpha value is -0.831. The number of rotatable bonds is 2. The van der Waals surface area contributed by atoms with E-state index in [0.29, 0.717) is 0 Å². The van der Waals surface area contributed by atoms with Gasteiger partial charge in [0.05, 0.1) is 0 Å². The fourth-order valence-electron chi connectivity index (χ4n) is 0.898. The molecule has 13 heavy (non-hydrogen) atoms. The molecule has 1 aromatic heterocycles. The van der Waals surface area contributed by atoms with E-state index in [4.69, 9.17) is 11.6 Å². The monoisotopic (exact) mass is 259 g/mol. The molecule has 0 fully saturated rings. The average Bonchev–Trinajstić information content (AvgIpc) is 2.62. The van der Waals surface area contributed by atoms with E-state index in [9.17, 15) is 0 Å². The molecule has 1 aromatic carbocycles. The molecule has 2 rings (SSSR count). The van der Waals surface area contributed by atoms with Crippen LogP contribution in [0, 0.1) is 0 Å². The van der Waals surface area contributed by atoms with Gasteiger partial charge in [0, 0.05) is 0 Å². The summed E-state index contributed by atoms with van der Waals surface area (Å²) in [4.78, 5) is 0. The summed E-state index contributed by atoms with van der Waals surface area (Å²) >= 11 is 5.86.